The zero-order valence-electron chi connectivity index (χ0n) is 23.4. The van der Waals surface area contributed by atoms with Crippen molar-refractivity contribution >= 4 is 80.7 Å². The Morgan fingerprint density at radius 2 is 1.81 bits per heavy atom. The highest BCUT2D eigenvalue weighted by Gasteiger charge is 2.36. The number of methoxy groups -OCH3 is 1. The Labute approximate surface area is 272 Å². The number of nitrogens with zero attached hydrogens (tertiary/aromatic N) is 1. The van der Waals surface area contributed by atoms with Gasteiger partial charge in [0.2, 0.25) is 5.91 Å². The number of halogens is 2. The van der Waals surface area contributed by atoms with Gasteiger partial charge in [0.05, 0.1) is 29.2 Å². The molecule has 0 bridgehead atoms. The summed E-state index contributed by atoms with van der Waals surface area (Å²) in [4.78, 5) is 51.8. The number of carbonyl (C=O) groups is 4. The number of hydrogen-bond donors (Lipinski definition) is 1. The van der Waals surface area contributed by atoms with Crippen molar-refractivity contribution in [2.75, 3.05) is 25.6 Å². The van der Waals surface area contributed by atoms with E-state index in [9.17, 15) is 19.2 Å². The summed E-state index contributed by atoms with van der Waals surface area (Å²) in [6.45, 7) is 2.08. The van der Waals surface area contributed by atoms with Crippen molar-refractivity contribution in [3.05, 3.63) is 90.9 Å². The number of hydrogen-bond acceptors (Lipinski definition) is 8. The average Bonchev–Trinajstić information content (AvgIpc) is 3.25. The number of carbonyl (C=O) groups excluding carboxylic acids is 4. The van der Waals surface area contributed by atoms with Gasteiger partial charge < -0.3 is 19.5 Å². The van der Waals surface area contributed by atoms with Crippen LogP contribution in [0.1, 0.15) is 41.3 Å². The molecule has 3 aromatic carbocycles. The van der Waals surface area contributed by atoms with E-state index in [1.54, 1.807) is 24.3 Å². The van der Waals surface area contributed by atoms with Gasteiger partial charge in [0.1, 0.15) is 13.2 Å². The van der Waals surface area contributed by atoms with Crippen LogP contribution in [0.4, 0.5) is 10.5 Å². The minimum Gasteiger partial charge on any atom is -0.493 e. The van der Waals surface area contributed by atoms with Crippen molar-refractivity contribution in [3.63, 3.8) is 0 Å². The van der Waals surface area contributed by atoms with Gasteiger partial charge in [-0.2, -0.15) is 0 Å². The van der Waals surface area contributed by atoms with E-state index in [0.717, 1.165) is 32.2 Å². The van der Waals surface area contributed by atoms with E-state index in [1.165, 1.54) is 25.3 Å². The summed E-state index contributed by atoms with van der Waals surface area (Å²) in [7, 11) is 1.52. The normalized spacial score (nSPS) is 13.8. The molecule has 1 aliphatic heterocycles. The molecule has 0 radical (unpaired) electrons. The second-order valence-corrected chi connectivity index (χ2v) is 12.0. The number of unbranched alkanes of at least 4 members (excludes halogenated alkanes) is 1. The van der Waals surface area contributed by atoms with Gasteiger partial charge in [-0.25, -0.2) is 4.79 Å². The van der Waals surface area contributed by atoms with Gasteiger partial charge in [-0.05, 0) is 100 Å². The van der Waals surface area contributed by atoms with Crippen LogP contribution in [0, 0.1) is 3.57 Å². The molecule has 0 atom stereocenters. The van der Waals surface area contributed by atoms with E-state index in [-0.39, 0.29) is 27.8 Å². The fourth-order valence-corrected chi connectivity index (χ4v) is 5.31. The SMILES string of the molecule is CCCCOC(=O)c1cc(NC(=O)CN2C(=O)S/C(=C\c3ccc(OCc4ccc(I)cc4)c(OC)c3)C2=O)ccc1Cl. The number of thioether (sulfide) groups is 1. The van der Waals surface area contributed by atoms with Crippen LogP contribution in [-0.4, -0.2) is 48.2 Å². The summed E-state index contributed by atoms with van der Waals surface area (Å²) >= 11 is 9.11. The summed E-state index contributed by atoms with van der Waals surface area (Å²) in [5, 5.41) is 2.20. The van der Waals surface area contributed by atoms with E-state index < -0.39 is 29.6 Å². The van der Waals surface area contributed by atoms with Gasteiger partial charge in [-0.3, -0.25) is 19.3 Å². The number of esters is 1. The van der Waals surface area contributed by atoms with E-state index in [4.69, 9.17) is 25.8 Å². The summed E-state index contributed by atoms with van der Waals surface area (Å²) in [6.07, 6.45) is 3.14. The third kappa shape index (κ3) is 8.74. The molecule has 1 fully saturated rings. The molecule has 1 saturated heterocycles. The number of anilines is 1. The first-order chi connectivity index (χ1) is 20.7. The molecule has 9 nitrogen and oxygen atoms in total. The van der Waals surface area contributed by atoms with Crippen molar-refractivity contribution in [1.82, 2.24) is 4.90 Å². The number of nitrogens with one attached hydrogen (secondary N) is 1. The second-order valence-electron chi connectivity index (χ2n) is 9.33. The van der Waals surface area contributed by atoms with Crippen LogP contribution in [0.2, 0.25) is 5.02 Å². The maximum Gasteiger partial charge on any atom is 0.339 e. The van der Waals surface area contributed by atoms with Gasteiger partial charge in [-0.1, -0.05) is 43.1 Å². The van der Waals surface area contributed by atoms with E-state index >= 15 is 0 Å². The Kier molecular flexibility index (Phi) is 11.5. The Morgan fingerprint density at radius 1 is 1.05 bits per heavy atom. The molecule has 0 saturated carbocycles. The van der Waals surface area contributed by atoms with Crippen LogP contribution in [0.3, 0.4) is 0 Å². The first-order valence-corrected chi connectivity index (χ1v) is 15.5. The molecule has 12 heteroatoms. The molecule has 0 spiro atoms. The zero-order chi connectivity index (χ0) is 30.9. The summed E-state index contributed by atoms with van der Waals surface area (Å²) in [5.74, 6) is -0.822. The minimum absolute atomic E-state index is 0.103. The molecule has 0 aromatic heterocycles. The van der Waals surface area contributed by atoms with Gasteiger partial charge in [-0.15, -0.1) is 0 Å². The lowest BCUT2D eigenvalue weighted by atomic mass is 10.1. The standard InChI is InChI=1S/C31H28ClIN2O7S/c1-3-4-13-41-30(38)23-16-22(10-11-24(23)32)34-28(36)17-35-29(37)27(43-31(35)39)15-20-7-12-25(26(14-20)40-2)42-18-19-5-8-21(33)9-6-19/h5-12,14-16H,3-4,13,17-18H2,1-2H3,(H,34,36)/b27-15-. The van der Waals surface area contributed by atoms with Crippen LogP contribution in [0.5, 0.6) is 11.5 Å². The Morgan fingerprint density at radius 3 is 2.53 bits per heavy atom. The molecular weight excluding hydrogens is 707 g/mol. The molecule has 3 aromatic rings. The number of rotatable bonds is 12. The van der Waals surface area contributed by atoms with Crippen LogP contribution < -0.4 is 14.8 Å². The first-order valence-electron chi connectivity index (χ1n) is 13.3. The topological polar surface area (TPSA) is 111 Å². The van der Waals surface area contributed by atoms with Crippen LogP contribution in [0.15, 0.2) is 65.6 Å². The monoisotopic (exact) mass is 734 g/mol. The van der Waals surface area contributed by atoms with Crippen LogP contribution in [0.25, 0.3) is 6.08 Å². The molecule has 1 heterocycles. The van der Waals surface area contributed by atoms with Crippen molar-refractivity contribution in [2.45, 2.75) is 26.4 Å². The highest BCUT2D eigenvalue weighted by molar-refractivity contribution is 14.1. The zero-order valence-corrected chi connectivity index (χ0v) is 27.1. The highest BCUT2D eigenvalue weighted by Crippen LogP contribution is 2.35. The number of amides is 3. The van der Waals surface area contributed by atoms with Gasteiger partial charge in [0.15, 0.2) is 11.5 Å². The maximum absolute atomic E-state index is 13.0. The van der Waals surface area contributed by atoms with Crippen LogP contribution in [-0.2, 0) is 20.9 Å². The largest absolute Gasteiger partial charge is 0.493 e. The first kappa shape index (κ1) is 32.4. The third-order valence-corrected chi connectivity index (χ3v) is 8.13. The number of ether oxygens (including phenoxy) is 3. The molecule has 0 unspecified atom stereocenters. The average molecular weight is 735 g/mol. The molecule has 3 amide bonds. The molecule has 4 rings (SSSR count). The highest BCUT2D eigenvalue weighted by atomic mass is 127. The van der Waals surface area contributed by atoms with Gasteiger partial charge in [0.25, 0.3) is 11.1 Å². The third-order valence-electron chi connectivity index (χ3n) is 6.17. The van der Waals surface area contributed by atoms with E-state index in [0.29, 0.717) is 30.1 Å². The Bertz CT molecular complexity index is 1560. The minimum atomic E-state index is -0.618. The number of benzene rings is 3. The molecule has 224 valence electrons. The van der Waals surface area contributed by atoms with E-state index in [2.05, 4.69) is 27.9 Å². The lowest BCUT2D eigenvalue weighted by Gasteiger charge is -2.13. The van der Waals surface area contributed by atoms with Crippen molar-refractivity contribution in [1.29, 1.82) is 0 Å². The maximum atomic E-state index is 13.0. The van der Waals surface area contributed by atoms with Crippen LogP contribution >= 0.6 is 46.0 Å². The lowest BCUT2D eigenvalue weighted by Crippen LogP contribution is -2.36. The van der Waals surface area contributed by atoms with Crippen molar-refractivity contribution in [2.24, 2.45) is 0 Å². The lowest BCUT2D eigenvalue weighted by molar-refractivity contribution is -0.127. The fourth-order valence-electron chi connectivity index (χ4n) is 3.91. The predicted octanol–water partition coefficient (Wildman–Crippen LogP) is 7.16. The van der Waals surface area contributed by atoms with Gasteiger partial charge >= 0.3 is 5.97 Å². The second kappa shape index (κ2) is 15.3. The molecule has 1 N–H and O–H groups in total. The van der Waals surface area contributed by atoms with Crippen molar-refractivity contribution < 1.29 is 33.4 Å². The predicted molar refractivity (Wildman–Crippen MR) is 174 cm³/mol. The fraction of sp³-hybridized carbons (Fsp3) is 0.226. The summed E-state index contributed by atoms with van der Waals surface area (Å²) in [5.41, 5.74) is 2.00. The van der Waals surface area contributed by atoms with E-state index in [1.807, 2.05) is 31.2 Å². The Balaban J connectivity index is 1.39. The number of imide groups is 1. The Hall–Kier alpha value is -3.55. The molecule has 0 aliphatic carbocycles. The van der Waals surface area contributed by atoms with Crippen molar-refractivity contribution in [3.8, 4) is 11.5 Å². The quantitative estimate of drug-likeness (QED) is 0.0904. The molecular formula is C31H28ClIN2O7S. The van der Waals surface area contributed by atoms with Gasteiger partial charge in [0, 0.05) is 9.26 Å². The molecule has 1 aliphatic rings. The molecule has 43 heavy (non-hydrogen) atoms. The summed E-state index contributed by atoms with van der Waals surface area (Å²) < 4.78 is 17.7. The smallest absolute Gasteiger partial charge is 0.339 e. The summed E-state index contributed by atoms with van der Waals surface area (Å²) in [6, 6.07) is 17.5.